The van der Waals surface area contributed by atoms with Gasteiger partial charge in [0.25, 0.3) is 0 Å². The van der Waals surface area contributed by atoms with Crippen molar-refractivity contribution in [3.63, 3.8) is 0 Å². The molecule has 1 heterocycles. The number of ether oxygens (including phenoxy) is 2. The van der Waals surface area contributed by atoms with Crippen LogP contribution in [0.3, 0.4) is 0 Å². The Labute approximate surface area is 115 Å². The molecule has 4 unspecified atom stereocenters. The highest BCUT2D eigenvalue weighted by atomic mass is 16.5. The maximum Gasteiger partial charge on any atom is 0.226 e. The van der Waals surface area contributed by atoms with Gasteiger partial charge in [-0.3, -0.25) is 4.79 Å². The molecule has 110 valence electrons. The number of hydrogen-bond acceptors (Lipinski definition) is 4. The summed E-state index contributed by atoms with van der Waals surface area (Å²) < 4.78 is 10.8. The van der Waals surface area contributed by atoms with Gasteiger partial charge in [0.2, 0.25) is 5.91 Å². The highest BCUT2D eigenvalue weighted by Gasteiger charge is 2.40. The molecule has 0 spiro atoms. The van der Waals surface area contributed by atoms with Crippen LogP contribution in [0.25, 0.3) is 0 Å². The van der Waals surface area contributed by atoms with E-state index in [0.29, 0.717) is 25.6 Å². The van der Waals surface area contributed by atoms with Crippen molar-refractivity contribution in [2.24, 2.45) is 17.6 Å². The summed E-state index contributed by atoms with van der Waals surface area (Å²) >= 11 is 0. The first kappa shape index (κ1) is 14.8. The third-order valence-electron chi connectivity index (χ3n) is 4.66. The monoisotopic (exact) mass is 270 g/mol. The van der Waals surface area contributed by atoms with E-state index < -0.39 is 0 Å². The van der Waals surface area contributed by atoms with Gasteiger partial charge in [-0.25, -0.2) is 0 Å². The molecule has 1 amide bonds. The Balaban J connectivity index is 1.99. The van der Waals surface area contributed by atoms with E-state index in [1.165, 1.54) is 6.42 Å². The summed E-state index contributed by atoms with van der Waals surface area (Å²) in [6, 6.07) is 0. The SMILES string of the molecule is COC1CN(C(=O)C2CCCCC2CN)CC1OC. The lowest BCUT2D eigenvalue weighted by atomic mass is 9.78. The number of hydrogen-bond donors (Lipinski definition) is 1. The summed E-state index contributed by atoms with van der Waals surface area (Å²) in [6.07, 6.45) is 4.40. The molecule has 1 saturated heterocycles. The second-order valence-electron chi connectivity index (χ2n) is 5.68. The molecule has 0 aromatic heterocycles. The molecule has 19 heavy (non-hydrogen) atoms. The van der Waals surface area contributed by atoms with Crippen LogP contribution in [0.1, 0.15) is 25.7 Å². The number of methoxy groups -OCH3 is 2. The quantitative estimate of drug-likeness (QED) is 0.813. The van der Waals surface area contributed by atoms with Gasteiger partial charge in [0, 0.05) is 33.2 Å². The number of rotatable bonds is 4. The van der Waals surface area contributed by atoms with E-state index in [4.69, 9.17) is 15.2 Å². The van der Waals surface area contributed by atoms with Gasteiger partial charge in [0.1, 0.15) is 12.2 Å². The van der Waals surface area contributed by atoms with E-state index >= 15 is 0 Å². The van der Waals surface area contributed by atoms with Crippen molar-refractivity contribution < 1.29 is 14.3 Å². The zero-order chi connectivity index (χ0) is 13.8. The fraction of sp³-hybridized carbons (Fsp3) is 0.929. The molecule has 1 aliphatic heterocycles. The van der Waals surface area contributed by atoms with E-state index in [-0.39, 0.29) is 24.0 Å². The first-order valence-electron chi connectivity index (χ1n) is 7.25. The predicted octanol–water partition coefficient (Wildman–Crippen LogP) is 0.624. The standard InChI is InChI=1S/C14H26N2O3/c1-18-12-8-16(9-13(12)19-2)14(17)11-6-4-3-5-10(11)7-15/h10-13H,3-9,15H2,1-2H3. The molecule has 0 bridgehead atoms. The van der Waals surface area contributed by atoms with E-state index in [0.717, 1.165) is 19.3 Å². The predicted molar refractivity (Wildman–Crippen MR) is 72.7 cm³/mol. The molecular weight excluding hydrogens is 244 g/mol. The Morgan fingerprint density at radius 2 is 1.74 bits per heavy atom. The smallest absolute Gasteiger partial charge is 0.226 e. The van der Waals surface area contributed by atoms with Crippen molar-refractivity contribution in [2.45, 2.75) is 37.9 Å². The molecule has 1 saturated carbocycles. The number of carbonyl (C=O) groups is 1. The summed E-state index contributed by atoms with van der Waals surface area (Å²) in [6.45, 7) is 1.90. The van der Waals surface area contributed by atoms with Crippen LogP contribution < -0.4 is 5.73 Å². The zero-order valence-electron chi connectivity index (χ0n) is 12.0. The molecule has 2 N–H and O–H groups in total. The Bertz CT molecular complexity index is 299. The van der Waals surface area contributed by atoms with Gasteiger partial charge in [-0.1, -0.05) is 12.8 Å². The van der Waals surface area contributed by atoms with Crippen molar-refractivity contribution in [3.05, 3.63) is 0 Å². The van der Waals surface area contributed by atoms with Gasteiger partial charge in [0.05, 0.1) is 0 Å². The van der Waals surface area contributed by atoms with Gasteiger partial charge in [-0.15, -0.1) is 0 Å². The van der Waals surface area contributed by atoms with Gasteiger partial charge < -0.3 is 20.1 Å². The van der Waals surface area contributed by atoms with Crippen molar-refractivity contribution in [1.29, 1.82) is 0 Å². The second-order valence-corrected chi connectivity index (χ2v) is 5.68. The molecule has 0 radical (unpaired) electrons. The average molecular weight is 270 g/mol. The highest BCUT2D eigenvalue weighted by Crippen LogP contribution is 2.32. The molecule has 2 aliphatic rings. The minimum atomic E-state index is -0.00568. The van der Waals surface area contributed by atoms with Crippen molar-refractivity contribution >= 4 is 5.91 Å². The van der Waals surface area contributed by atoms with Gasteiger partial charge in [0.15, 0.2) is 0 Å². The third kappa shape index (κ3) is 3.09. The molecule has 4 atom stereocenters. The summed E-state index contributed by atoms with van der Waals surface area (Å²) in [5, 5.41) is 0. The lowest BCUT2D eigenvalue weighted by Gasteiger charge is -2.32. The van der Waals surface area contributed by atoms with E-state index in [1.807, 2.05) is 4.90 Å². The number of nitrogens with two attached hydrogens (primary N) is 1. The van der Waals surface area contributed by atoms with Crippen LogP contribution in [0.15, 0.2) is 0 Å². The lowest BCUT2D eigenvalue weighted by molar-refractivity contribution is -0.138. The molecule has 1 aliphatic carbocycles. The summed E-state index contributed by atoms with van der Waals surface area (Å²) in [5.41, 5.74) is 5.82. The maximum absolute atomic E-state index is 12.7. The van der Waals surface area contributed by atoms with E-state index in [1.54, 1.807) is 14.2 Å². The maximum atomic E-state index is 12.7. The molecule has 0 aromatic rings. The van der Waals surface area contributed by atoms with Crippen LogP contribution in [0, 0.1) is 11.8 Å². The zero-order valence-corrected chi connectivity index (χ0v) is 12.0. The van der Waals surface area contributed by atoms with Crippen molar-refractivity contribution in [1.82, 2.24) is 4.90 Å². The van der Waals surface area contributed by atoms with Crippen LogP contribution in [0.5, 0.6) is 0 Å². The second kappa shape index (κ2) is 6.68. The molecular formula is C14H26N2O3. The summed E-state index contributed by atoms with van der Waals surface area (Å²) in [4.78, 5) is 14.6. The molecule has 2 rings (SSSR count). The van der Waals surface area contributed by atoms with Crippen LogP contribution in [0.4, 0.5) is 0 Å². The summed E-state index contributed by atoms with van der Waals surface area (Å²) in [7, 11) is 3.35. The minimum absolute atomic E-state index is 0.00568. The largest absolute Gasteiger partial charge is 0.377 e. The average Bonchev–Trinajstić information content (AvgIpc) is 2.89. The minimum Gasteiger partial charge on any atom is -0.377 e. The number of likely N-dealkylation sites (tertiary alicyclic amines) is 1. The molecule has 5 heteroatoms. The highest BCUT2D eigenvalue weighted by molar-refractivity contribution is 5.79. The van der Waals surface area contributed by atoms with Crippen LogP contribution in [0.2, 0.25) is 0 Å². The van der Waals surface area contributed by atoms with E-state index in [2.05, 4.69) is 0 Å². The molecule has 0 aromatic carbocycles. The van der Waals surface area contributed by atoms with Gasteiger partial charge >= 0.3 is 0 Å². The molecule has 5 nitrogen and oxygen atoms in total. The van der Waals surface area contributed by atoms with Crippen LogP contribution in [-0.4, -0.2) is 56.9 Å². The normalized spacial score (nSPS) is 35.6. The Kier molecular flexibility index (Phi) is 5.19. The Morgan fingerprint density at radius 3 is 2.26 bits per heavy atom. The fourth-order valence-corrected chi connectivity index (χ4v) is 3.43. The van der Waals surface area contributed by atoms with E-state index in [9.17, 15) is 4.79 Å². The fourth-order valence-electron chi connectivity index (χ4n) is 3.43. The van der Waals surface area contributed by atoms with Crippen molar-refractivity contribution in [3.8, 4) is 0 Å². The first-order valence-corrected chi connectivity index (χ1v) is 7.25. The Hall–Kier alpha value is -0.650. The third-order valence-corrected chi connectivity index (χ3v) is 4.66. The lowest BCUT2D eigenvalue weighted by Crippen LogP contribution is -2.41. The number of carbonyl (C=O) groups excluding carboxylic acids is 1. The number of nitrogens with zero attached hydrogens (tertiary/aromatic N) is 1. The Morgan fingerprint density at radius 1 is 1.16 bits per heavy atom. The van der Waals surface area contributed by atoms with Gasteiger partial charge in [-0.05, 0) is 25.3 Å². The first-order chi connectivity index (χ1) is 9.21. The van der Waals surface area contributed by atoms with Crippen LogP contribution in [-0.2, 0) is 14.3 Å². The van der Waals surface area contributed by atoms with Gasteiger partial charge in [-0.2, -0.15) is 0 Å². The number of amides is 1. The molecule has 2 fully saturated rings. The topological polar surface area (TPSA) is 64.8 Å². The summed E-state index contributed by atoms with van der Waals surface area (Å²) in [5.74, 6) is 0.701. The van der Waals surface area contributed by atoms with Crippen LogP contribution >= 0.6 is 0 Å². The van der Waals surface area contributed by atoms with Crippen molar-refractivity contribution in [2.75, 3.05) is 33.9 Å².